The van der Waals surface area contributed by atoms with Crippen molar-refractivity contribution in [1.82, 2.24) is 0 Å². The van der Waals surface area contributed by atoms with Crippen molar-refractivity contribution in [3.05, 3.63) is 11.6 Å². The fourth-order valence-electron chi connectivity index (χ4n) is 2.25. The average molecular weight is 266 g/mol. The van der Waals surface area contributed by atoms with Gasteiger partial charge >= 0.3 is 0 Å². The van der Waals surface area contributed by atoms with Crippen LogP contribution in [-0.4, -0.2) is 24.3 Å². The average Bonchev–Trinajstić information content (AvgIpc) is 2.72. The molecule has 0 N–H and O–H groups in total. The SMILES string of the molecule is CC(C)=CCCC(C)CCC(=O)CC1OCCC1=O. The summed E-state index contributed by atoms with van der Waals surface area (Å²) in [5, 5.41) is 0. The lowest BCUT2D eigenvalue weighted by atomic mass is 9.96. The lowest BCUT2D eigenvalue weighted by Gasteiger charge is -2.11. The van der Waals surface area contributed by atoms with E-state index in [1.54, 1.807) is 0 Å². The Bertz CT molecular complexity index is 340. The van der Waals surface area contributed by atoms with Gasteiger partial charge in [0.1, 0.15) is 11.9 Å². The van der Waals surface area contributed by atoms with Gasteiger partial charge in [-0.05, 0) is 39.0 Å². The molecule has 0 bridgehead atoms. The quantitative estimate of drug-likeness (QED) is 0.632. The van der Waals surface area contributed by atoms with Gasteiger partial charge in [-0.15, -0.1) is 0 Å². The van der Waals surface area contributed by atoms with Crippen molar-refractivity contribution >= 4 is 11.6 Å². The van der Waals surface area contributed by atoms with E-state index in [-0.39, 0.29) is 18.0 Å². The molecule has 108 valence electrons. The summed E-state index contributed by atoms with van der Waals surface area (Å²) >= 11 is 0. The lowest BCUT2D eigenvalue weighted by molar-refractivity contribution is -0.128. The van der Waals surface area contributed by atoms with Crippen molar-refractivity contribution in [3.63, 3.8) is 0 Å². The van der Waals surface area contributed by atoms with Crippen LogP contribution < -0.4 is 0 Å². The van der Waals surface area contributed by atoms with Crippen LogP contribution in [0.3, 0.4) is 0 Å². The Labute approximate surface area is 116 Å². The van der Waals surface area contributed by atoms with Crippen molar-refractivity contribution in [2.45, 2.75) is 65.4 Å². The highest BCUT2D eigenvalue weighted by atomic mass is 16.5. The van der Waals surface area contributed by atoms with Gasteiger partial charge < -0.3 is 4.74 Å². The molecule has 1 aliphatic rings. The van der Waals surface area contributed by atoms with E-state index in [1.807, 2.05) is 0 Å². The molecule has 1 rings (SSSR count). The minimum atomic E-state index is -0.450. The number of rotatable bonds is 8. The van der Waals surface area contributed by atoms with Crippen LogP contribution in [0.15, 0.2) is 11.6 Å². The zero-order valence-electron chi connectivity index (χ0n) is 12.4. The molecular weight excluding hydrogens is 240 g/mol. The summed E-state index contributed by atoms with van der Waals surface area (Å²) in [4.78, 5) is 23.2. The molecule has 1 aliphatic heterocycles. The highest BCUT2D eigenvalue weighted by Gasteiger charge is 2.27. The molecule has 0 aliphatic carbocycles. The number of allylic oxidation sites excluding steroid dienone is 2. The number of carbonyl (C=O) groups excluding carboxylic acids is 2. The monoisotopic (exact) mass is 266 g/mol. The molecule has 0 spiro atoms. The largest absolute Gasteiger partial charge is 0.370 e. The second-order valence-corrected chi connectivity index (χ2v) is 5.82. The third-order valence-electron chi connectivity index (χ3n) is 3.57. The van der Waals surface area contributed by atoms with Crippen molar-refractivity contribution in [3.8, 4) is 0 Å². The number of Topliss-reactive ketones (excluding diaryl/α,β-unsaturated/α-hetero) is 2. The smallest absolute Gasteiger partial charge is 0.164 e. The number of ketones is 2. The fourth-order valence-corrected chi connectivity index (χ4v) is 2.25. The van der Waals surface area contributed by atoms with E-state index in [9.17, 15) is 9.59 Å². The van der Waals surface area contributed by atoms with E-state index >= 15 is 0 Å². The van der Waals surface area contributed by atoms with E-state index in [0.29, 0.717) is 25.4 Å². The predicted molar refractivity (Wildman–Crippen MR) is 76.1 cm³/mol. The summed E-state index contributed by atoms with van der Waals surface area (Å²) < 4.78 is 5.26. The standard InChI is InChI=1S/C16H26O3/c1-12(2)5-4-6-13(3)7-8-14(17)11-16-15(18)9-10-19-16/h5,13,16H,4,6-11H2,1-3H3. The molecule has 0 aromatic carbocycles. The van der Waals surface area contributed by atoms with Gasteiger partial charge in [0.15, 0.2) is 5.78 Å². The summed E-state index contributed by atoms with van der Waals surface area (Å²) in [6.07, 6.45) is 6.23. The maximum Gasteiger partial charge on any atom is 0.164 e. The number of ether oxygens (including phenoxy) is 1. The van der Waals surface area contributed by atoms with E-state index in [0.717, 1.165) is 19.3 Å². The Balaban J connectivity index is 2.15. The first-order chi connectivity index (χ1) is 8.99. The van der Waals surface area contributed by atoms with Gasteiger partial charge in [0, 0.05) is 19.3 Å². The first-order valence-corrected chi connectivity index (χ1v) is 7.28. The van der Waals surface area contributed by atoms with E-state index in [2.05, 4.69) is 26.8 Å². The van der Waals surface area contributed by atoms with Crippen LogP contribution in [0.4, 0.5) is 0 Å². The van der Waals surface area contributed by atoms with Crippen LogP contribution >= 0.6 is 0 Å². The third-order valence-corrected chi connectivity index (χ3v) is 3.57. The van der Waals surface area contributed by atoms with Crippen LogP contribution in [-0.2, 0) is 14.3 Å². The normalized spacial score (nSPS) is 20.4. The van der Waals surface area contributed by atoms with Crippen molar-refractivity contribution in [2.75, 3.05) is 6.61 Å². The Morgan fingerprint density at radius 3 is 2.74 bits per heavy atom. The van der Waals surface area contributed by atoms with Crippen LogP contribution in [0.25, 0.3) is 0 Å². The second-order valence-electron chi connectivity index (χ2n) is 5.82. The van der Waals surface area contributed by atoms with Gasteiger partial charge in [-0.25, -0.2) is 0 Å². The lowest BCUT2D eigenvalue weighted by Crippen LogP contribution is -2.20. The molecule has 3 heteroatoms. The molecule has 0 aromatic heterocycles. The molecule has 1 saturated heterocycles. The molecule has 1 heterocycles. The first-order valence-electron chi connectivity index (χ1n) is 7.28. The number of carbonyl (C=O) groups is 2. The molecule has 0 saturated carbocycles. The minimum Gasteiger partial charge on any atom is -0.370 e. The fraction of sp³-hybridized carbons (Fsp3) is 0.750. The zero-order chi connectivity index (χ0) is 14.3. The minimum absolute atomic E-state index is 0.0879. The Morgan fingerprint density at radius 1 is 1.42 bits per heavy atom. The van der Waals surface area contributed by atoms with E-state index < -0.39 is 6.10 Å². The Kier molecular flexibility index (Phi) is 7.00. The van der Waals surface area contributed by atoms with Gasteiger partial charge in [0.25, 0.3) is 0 Å². The highest BCUT2D eigenvalue weighted by Crippen LogP contribution is 2.17. The summed E-state index contributed by atoms with van der Waals surface area (Å²) in [5.74, 6) is 0.805. The molecule has 1 fully saturated rings. The molecule has 0 radical (unpaired) electrons. The van der Waals surface area contributed by atoms with Crippen LogP contribution in [0.1, 0.15) is 59.3 Å². The van der Waals surface area contributed by atoms with Gasteiger partial charge in [-0.2, -0.15) is 0 Å². The Morgan fingerprint density at radius 2 is 2.16 bits per heavy atom. The molecule has 2 unspecified atom stereocenters. The van der Waals surface area contributed by atoms with E-state index in [4.69, 9.17) is 4.74 Å². The number of hydrogen-bond donors (Lipinski definition) is 0. The van der Waals surface area contributed by atoms with Crippen LogP contribution in [0.2, 0.25) is 0 Å². The van der Waals surface area contributed by atoms with Gasteiger partial charge in [0.2, 0.25) is 0 Å². The number of hydrogen-bond acceptors (Lipinski definition) is 3. The van der Waals surface area contributed by atoms with Crippen molar-refractivity contribution < 1.29 is 14.3 Å². The molecule has 0 amide bonds. The molecule has 19 heavy (non-hydrogen) atoms. The van der Waals surface area contributed by atoms with Crippen LogP contribution in [0, 0.1) is 5.92 Å². The maximum absolute atomic E-state index is 11.8. The van der Waals surface area contributed by atoms with Crippen molar-refractivity contribution in [2.24, 2.45) is 5.92 Å². The summed E-state index contributed by atoms with van der Waals surface area (Å²) in [5.41, 5.74) is 1.35. The summed E-state index contributed by atoms with van der Waals surface area (Å²) in [7, 11) is 0. The summed E-state index contributed by atoms with van der Waals surface area (Å²) in [6.45, 7) is 6.87. The molecule has 2 atom stereocenters. The Hall–Kier alpha value is -0.960. The molecule has 3 nitrogen and oxygen atoms in total. The van der Waals surface area contributed by atoms with Gasteiger partial charge in [0.05, 0.1) is 6.61 Å². The topological polar surface area (TPSA) is 43.4 Å². The second kappa shape index (κ2) is 8.26. The predicted octanol–water partition coefficient (Wildman–Crippen LogP) is 3.47. The van der Waals surface area contributed by atoms with Crippen molar-refractivity contribution in [1.29, 1.82) is 0 Å². The highest BCUT2D eigenvalue weighted by molar-refractivity contribution is 5.90. The van der Waals surface area contributed by atoms with Crippen LogP contribution in [0.5, 0.6) is 0 Å². The maximum atomic E-state index is 11.8. The van der Waals surface area contributed by atoms with Gasteiger partial charge in [-0.1, -0.05) is 18.6 Å². The third kappa shape index (κ3) is 6.67. The molecule has 0 aromatic rings. The van der Waals surface area contributed by atoms with Gasteiger partial charge in [-0.3, -0.25) is 9.59 Å². The molecular formula is C16H26O3. The van der Waals surface area contributed by atoms with E-state index in [1.165, 1.54) is 5.57 Å². The first kappa shape index (κ1) is 16.1. The summed E-state index contributed by atoms with van der Waals surface area (Å²) in [6, 6.07) is 0. The zero-order valence-corrected chi connectivity index (χ0v) is 12.4.